The molecule has 0 aliphatic heterocycles. The first-order valence-corrected chi connectivity index (χ1v) is 4.31. The Bertz CT molecular complexity index is 293. The van der Waals surface area contributed by atoms with Gasteiger partial charge in [0.15, 0.2) is 0 Å². The average Bonchev–Trinajstić information content (AvgIpc) is 2.20. The van der Waals surface area contributed by atoms with Crippen LogP contribution in [-0.2, 0) is 9.53 Å². The van der Waals surface area contributed by atoms with Gasteiger partial charge < -0.3 is 9.47 Å². The molecule has 0 heterocycles. The van der Waals surface area contributed by atoms with Crippen LogP contribution in [0.15, 0.2) is 43.2 Å². The maximum absolute atomic E-state index is 11.2. The molecule has 3 heteroatoms. The van der Waals surface area contributed by atoms with Crippen LogP contribution < -0.4 is 4.74 Å². The van der Waals surface area contributed by atoms with Crippen molar-refractivity contribution in [2.45, 2.75) is 6.42 Å². The average molecular weight is 192 g/mol. The van der Waals surface area contributed by atoms with Crippen molar-refractivity contribution in [2.24, 2.45) is 0 Å². The maximum Gasteiger partial charge on any atom is 0.314 e. The van der Waals surface area contributed by atoms with Crippen LogP contribution in [0.1, 0.15) is 6.42 Å². The first-order chi connectivity index (χ1) is 6.83. The van der Waals surface area contributed by atoms with Gasteiger partial charge in [-0.2, -0.15) is 0 Å². The van der Waals surface area contributed by atoms with Crippen molar-refractivity contribution in [1.82, 2.24) is 0 Å². The van der Waals surface area contributed by atoms with Crippen molar-refractivity contribution in [1.29, 1.82) is 0 Å². The summed E-state index contributed by atoms with van der Waals surface area (Å²) in [5.41, 5.74) is 0. The van der Waals surface area contributed by atoms with E-state index in [0.29, 0.717) is 12.4 Å². The molecule has 0 amide bonds. The molecule has 0 aliphatic rings. The van der Waals surface area contributed by atoms with E-state index in [2.05, 4.69) is 6.58 Å². The highest BCUT2D eigenvalue weighted by Crippen LogP contribution is 2.08. The molecule has 3 nitrogen and oxygen atoms in total. The first kappa shape index (κ1) is 10.3. The number of carbonyl (C=O) groups excluding carboxylic acids is 1. The third-order valence-electron chi connectivity index (χ3n) is 1.52. The Morgan fingerprint density at radius 3 is 2.71 bits per heavy atom. The van der Waals surface area contributed by atoms with Crippen LogP contribution in [0.25, 0.3) is 0 Å². The van der Waals surface area contributed by atoms with Gasteiger partial charge in [0.2, 0.25) is 0 Å². The molecular weight excluding hydrogens is 180 g/mol. The molecule has 1 aromatic carbocycles. The summed E-state index contributed by atoms with van der Waals surface area (Å²) in [5, 5.41) is 0. The molecule has 0 saturated heterocycles. The second kappa shape index (κ2) is 5.80. The second-order valence-electron chi connectivity index (χ2n) is 2.57. The van der Waals surface area contributed by atoms with Crippen molar-refractivity contribution < 1.29 is 14.3 Å². The molecule has 74 valence electrons. The van der Waals surface area contributed by atoms with Crippen LogP contribution in [0.4, 0.5) is 0 Å². The van der Waals surface area contributed by atoms with Gasteiger partial charge in [-0.25, -0.2) is 0 Å². The smallest absolute Gasteiger partial charge is 0.314 e. The monoisotopic (exact) mass is 192 g/mol. The summed E-state index contributed by atoms with van der Waals surface area (Å²) in [4.78, 5) is 11.2. The molecule has 0 unspecified atom stereocenters. The fourth-order valence-electron chi connectivity index (χ4n) is 0.897. The normalized spacial score (nSPS) is 9.14. The number of para-hydroxylation sites is 1. The number of hydrogen-bond acceptors (Lipinski definition) is 3. The molecule has 0 N–H and O–H groups in total. The topological polar surface area (TPSA) is 35.5 Å². The molecular formula is C11H12O3. The van der Waals surface area contributed by atoms with Gasteiger partial charge in [-0.1, -0.05) is 24.8 Å². The van der Waals surface area contributed by atoms with Crippen LogP contribution in [0.2, 0.25) is 0 Å². The number of rotatable bonds is 5. The highest BCUT2D eigenvalue weighted by atomic mass is 16.5. The van der Waals surface area contributed by atoms with E-state index in [1.165, 1.54) is 6.26 Å². The second-order valence-corrected chi connectivity index (χ2v) is 2.57. The van der Waals surface area contributed by atoms with Crippen LogP contribution >= 0.6 is 0 Å². The lowest BCUT2D eigenvalue weighted by atomic mass is 10.3. The summed E-state index contributed by atoms with van der Waals surface area (Å²) >= 11 is 0. The molecule has 0 saturated carbocycles. The zero-order valence-electron chi connectivity index (χ0n) is 7.81. The minimum absolute atomic E-state index is 0.223. The zero-order valence-corrected chi connectivity index (χ0v) is 7.81. The van der Waals surface area contributed by atoms with Crippen LogP contribution in [-0.4, -0.2) is 12.6 Å². The quantitative estimate of drug-likeness (QED) is 0.310. The van der Waals surface area contributed by atoms with Crippen molar-refractivity contribution in [3.05, 3.63) is 43.2 Å². The predicted molar refractivity (Wildman–Crippen MR) is 52.8 cm³/mol. The van der Waals surface area contributed by atoms with Crippen molar-refractivity contribution in [3.8, 4) is 5.75 Å². The molecule has 0 spiro atoms. The molecule has 0 atom stereocenters. The third-order valence-corrected chi connectivity index (χ3v) is 1.52. The van der Waals surface area contributed by atoms with Gasteiger partial charge in [0.25, 0.3) is 0 Å². The molecule has 0 bridgehead atoms. The van der Waals surface area contributed by atoms with Crippen molar-refractivity contribution >= 4 is 5.97 Å². The summed E-state index contributed by atoms with van der Waals surface area (Å²) in [5.74, 6) is 0.245. The maximum atomic E-state index is 11.2. The lowest BCUT2D eigenvalue weighted by Crippen LogP contribution is -2.10. The Morgan fingerprint density at radius 1 is 1.36 bits per heavy atom. The Balaban J connectivity index is 2.31. The number of esters is 1. The van der Waals surface area contributed by atoms with E-state index in [-0.39, 0.29) is 12.4 Å². The molecule has 0 aromatic heterocycles. The van der Waals surface area contributed by atoms with E-state index in [1.807, 2.05) is 18.2 Å². The zero-order chi connectivity index (χ0) is 10.2. The van der Waals surface area contributed by atoms with Gasteiger partial charge >= 0.3 is 5.97 Å². The molecule has 0 fully saturated rings. The van der Waals surface area contributed by atoms with E-state index in [1.54, 1.807) is 12.1 Å². The standard InChI is InChI=1S/C11H12O3/c1-2-13-9-8-11(12)14-10-6-4-3-5-7-10/h2-7H,1,8-9H2. The summed E-state index contributed by atoms with van der Waals surface area (Å²) in [7, 11) is 0. The summed E-state index contributed by atoms with van der Waals surface area (Å²) < 4.78 is 9.81. The minimum Gasteiger partial charge on any atom is -0.501 e. The van der Waals surface area contributed by atoms with Gasteiger partial charge in [0.1, 0.15) is 5.75 Å². The number of hydrogen-bond donors (Lipinski definition) is 0. The van der Waals surface area contributed by atoms with Gasteiger partial charge in [-0.05, 0) is 12.1 Å². The van der Waals surface area contributed by atoms with E-state index in [0.717, 1.165) is 0 Å². The van der Waals surface area contributed by atoms with E-state index in [9.17, 15) is 4.79 Å². The van der Waals surface area contributed by atoms with Crippen molar-refractivity contribution in [3.63, 3.8) is 0 Å². The Kier molecular flexibility index (Phi) is 4.27. The Labute approximate surface area is 83.0 Å². The van der Waals surface area contributed by atoms with Gasteiger partial charge in [0, 0.05) is 0 Å². The molecule has 0 aliphatic carbocycles. The molecule has 0 radical (unpaired) electrons. The summed E-state index contributed by atoms with van der Waals surface area (Å²) in [6, 6.07) is 8.93. The SMILES string of the molecule is C=COCCC(=O)Oc1ccccc1. The van der Waals surface area contributed by atoms with Gasteiger partial charge in [-0.15, -0.1) is 0 Å². The molecule has 1 aromatic rings. The van der Waals surface area contributed by atoms with E-state index >= 15 is 0 Å². The lowest BCUT2D eigenvalue weighted by Gasteiger charge is -2.03. The van der Waals surface area contributed by atoms with Crippen LogP contribution in [0.5, 0.6) is 5.75 Å². The van der Waals surface area contributed by atoms with Crippen LogP contribution in [0, 0.1) is 0 Å². The highest BCUT2D eigenvalue weighted by Gasteiger charge is 2.03. The van der Waals surface area contributed by atoms with Crippen molar-refractivity contribution in [2.75, 3.05) is 6.61 Å². The molecule has 1 rings (SSSR count). The predicted octanol–water partition coefficient (Wildman–Crippen LogP) is 2.14. The largest absolute Gasteiger partial charge is 0.501 e. The number of ether oxygens (including phenoxy) is 2. The Hall–Kier alpha value is -1.77. The lowest BCUT2D eigenvalue weighted by molar-refractivity contribution is -0.135. The summed E-state index contributed by atoms with van der Waals surface area (Å²) in [6.07, 6.45) is 1.52. The van der Waals surface area contributed by atoms with Gasteiger partial charge in [0.05, 0.1) is 19.3 Å². The molecule has 14 heavy (non-hydrogen) atoms. The Morgan fingerprint density at radius 2 is 2.07 bits per heavy atom. The van der Waals surface area contributed by atoms with E-state index < -0.39 is 0 Å². The third kappa shape index (κ3) is 3.76. The number of carbonyl (C=O) groups is 1. The van der Waals surface area contributed by atoms with Gasteiger partial charge in [-0.3, -0.25) is 4.79 Å². The van der Waals surface area contributed by atoms with Crippen LogP contribution in [0.3, 0.4) is 0 Å². The van der Waals surface area contributed by atoms with E-state index in [4.69, 9.17) is 9.47 Å². The first-order valence-electron chi connectivity index (χ1n) is 4.31. The fraction of sp³-hybridized carbons (Fsp3) is 0.182. The fourth-order valence-corrected chi connectivity index (χ4v) is 0.897. The summed E-state index contributed by atoms with van der Waals surface area (Å²) in [6.45, 7) is 3.67. The minimum atomic E-state index is -0.307. The highest BCUT2D eigenvalue weighted by molar-refractivity contribution is 5.72. The number of benzene rings is 1.